The van der Waals surface area contributed by atoms with E-state index in [4.69, 9.17) is 5.73 Å². The van der Waals surface area contributed by atoms with Crippen molar-refractivity contribution < 1.29 is 0 Å². The molecule has 3 heteroatoms. The zero-order chi connectivity index (χ0) is 10.2. The van der Waals surface area contributed by atoms with E-state index >= 15 is 0 Å². The third-order valence-electron chi connectivity index (χ3n) is 3.20. The summed E-state index contributed by atoms with van der Waals surface area (Å²) in [5.41, 5.74) is 6.19. The molecule has 1 saturated carbocycles. The highest BCUT2D eigenvalue weighted by atomic mass is 15.0. The molecule has 1 aliphatic rings. The van der Waals surface area contributed by atoms with Crippen molar-refractivity contribution in [3.05, 3.63) is 18.2 Å². The molecule has 3 nitrogen and oxygen atoms in total. The fraction of sp³-hybridized carbons (Fsp3) is 0.727. The van der Waals surface area contributed by atoms with Crippen molar-refractivity contribution in [3.8, 4) is 0 Å². The number of imidazole rings is 1. The lowest BCUT2D eigenvalue weighted by atomic mass is 9.72. The maximum Gasteiger partial charge on any atom is 0.126 e. The van der Waals surface area contributed by atoms with Crippen LogP contribution in [0.3, 0.4) is 0 Å². The average Bonchev–Trinajstić information content (AvgIpc) is 2.52. The number of aromatic amines is 1. The normalized spacial score (nSPS) is 38.5. The zero-order valence-electron chi connectivity index (χ0n) is 8.96. The molecule has 0 unspecified atom stereocenters. The summed E-state index contributed by atoms with van der Waals surface area (Å²) in [6.07, 6.45) is 7.02. The fourth-order valence-electron chi connectivity index (χ4n) is 2.91. The maximum absolute atomic E-state index is 6.41. The van der Waals surface area contributed by atoms with E-state index < -0.39 is 0 Å². The molecule has 0 aliphatic heterocycles. The Kier molecular flexibility index (Phi) is 2.35. The third kappa shape index (κ3) is 1.69. The van der Waals surface area contributed by atoms with E-state index in [0.29, 0.717) is 11.8 Å². The smallest absolute Gasteiger partial charge is 0.126 e. The molecule has 0 spiro atoms. The molecule has 0 amide bonds. The van der Waals surface area contributed by atoms with Crippen LogP contribution in [0.15, 0.2) is 12.4 Å². The van der Waals surface area contributed by atoms with Crippen LogP contribution in [0.1, 0.15) is 38.9 Å². The molecule has 78 valence electrons. The predicted molar refractivity (Wildman–Crippen MR) is 56.6 cm³/mol. The van der Waals surface area contributed by atoms with Gasteiger partial charge in [0, 0.05) is 12.4 Å². The van der Waals surface area contributed by atoms with Gasteiger partial charge >= 0.3 is 0 Å². The number of rotatable bonds is 1. The zero-order valence-corrected chi connectivity index (χ0v) is 8.96. The highest BCUT2D eigenvalue weighted by Gasteiger charge is 2.37. The number of nitrogens with zero attached hydrogens (tertiary/aromatic N) is 1. The first-order chi connectivity index (χ1) is 6.60. The van der Waals surface area contributed by atoms with Gasteiger partial charge in [-0.25, -0.2) is 4.98 Å². The van der Waals surface area contributed by atoms with Crippen LogP contribution in [0.2, 0.25) is 0 Å². The minimum absolute atomic E-state index is 0.222. The molecule has 14 heavy (non-hydrogen) atoms. The van der Waals surface area contributed by atoms with Crippen LogP contribution in [0.25, 0.3) is 0 Å². The van der Waals surface area contributed by atoms with Gasteiger partial charge in [-0.15, -0.1) is 0 Å². The number of H-pyrrole nitrogens is 1. The lowest BCUT2D eigenvalue weighted by molar-refractivity contribution is 0.176. The van der Waals surface area contributed by atoms with Crippen LogP contribution in [0.4, 0.5) is 0 Å². The quantitative estimate of drug-likeness (QED) is 0.717. The van der Waals surface area contributed by atoms with Crippen LogP contribution in [0, 0.1) is 11.8 Å². The van der Waals surface area contributed by atoms with Gasteiger partial charge in [-0.3, -0.25) is 0 Å². The molecule has 0 radical (unpaired) electrons. The van der Waals surface area contributed by atoms with Gasteiger partial charge in [0.15, 0.2) is 0 Å². The fourth-order valence-corrected chi connectivity index (χ4v) is 2.91. The molecule has 1 fully saturated rings. The molecule has 2 atom stereocenters. The summed E-state index contributed by atoms with van der Waals surface area (Å²) in [6, 6.07) is 0. The van der Waals surface area contributed by atoms with Crippen LogP contribution < -0.4 is 5.73 Å². The molecule has 0 aromatic carbocycles. The van der Waals surface area contributed by atoms with Crippen LogP contribution in [-0.2, 0) is 5.54 Å². The molecule has 1 aromatic rings. The van der Waals surface area contributed by atoms with E-state index in [1.54, 1.807) is 6.20 Å². The van der Waals surface area contributed by atoms with Crippen molar-refractivity contribution in [2.75, 3.05) is 0 Å². The number of hydrogen-bond acceptors (Lipinski definition) is 2. The van der Waals surface area contributed by atoms with Gasteiger partial charge in [0.05, 0.1) is 5.54 Å². The molecule has 0 saturated heterocycles. The van der Waals surface area contributed by atoms with Gasteiger partial charge in [0.25, 0.3) is 0 Å². The Labute approximate surface area is 85.1 Å². The molecule has 1 aliphatic carbocycles. The van der Waals surface area contributed by atoms with Gasteiger partial charge < -0.3 is 10.7 Å². The summed E-state index contributed by atoms with van der Waals surface area (Å²) in [6.45, 7) is 4.56. The molecule has 2 rings (SSSR count). The van der Waals surface area contributed by atoms with Crippen molar-refractivity contribution in [2.45, 2.75) is 38.6 Å². The van der Waals surface area contributed by atoms with Crippen molar-refractivity contribution >= 4 is 0 Å². The summed E-state index contributed by atoms with van der Waals surface area (Å²) >= 11 is 0. The first-order valence-electron chi connectivity index (χ1n) is 5.39. The minimum Gasteiger partial charge on any atom is -0.347 e. The lowest BCUT2D eigenvalue weighted by Crippen LogP contribution is -2.44. The van der Waals surface area contributed by atoms with Crippen LogP contribution >= 0.6 is 0 Å². The van der Waals surface area contributed by atoms with Crippen molar-refractivity contribution in [1.29, 1.82) is 0 Å². The number of nitrogens with two attached hydrogens (primary N) is 1. The lowest BCUT2D eigenvalue weighted by Gasteiger charge is -2.38. The van der Waals surface area contributed by atoms with Crippen molar-refractivity contribution in [1.82, 2.24) is 9.97 Å². The summed E-state index contributed by atoms with van der Waals surface area (Å²) < 4.78 is 0. The predicted octanol–water partition coefficient (Wildman–Crippen LogP) is 2.02. The van der Waals surface area contributed by atoms with E-state index in [1.165, 1.54) is 6.42 Å². The van der Waals surface area contributed by atoms with E-state index in [1.807, 2.05) is 6.20 Å². The standard InChI is InChI=1S/C11H19N3/c1-8-5-9(2)7-11(12,6-8)10-13-3-4-14-10/h3-4,8-9H,5-7,12H2,1-2H3,(H,13,14)/t8-,9-/m0/s1. The van der Waals surface area contributed by atoms with Crippen LogP contribution in [-0.4, -0.2) is 9.97 Å². The Bertz CT molecular complexity index is 281. The second-order valence-corrected chi connectivity index (χ2v) is 4.95. The molecule has 0 bridgehead atoms. The summed E-state index contributed by atoms with van der Waals surface area (Å²) in [7, 11) is 0. The van der Waals surface area contributed by atoms with E-state index in [0.717, 1.165) is 18.7 Å². The maximum atomic E-state index is 6.41. The van der Waals surface area contributed by atoms with Crippen molar-refractivity contribution in [2.24, 2.45) is 17.6 Å². The largest absolute Gasteiger partial charge is 0.347 e. The molecule has 1 heterocycles. The Morgan fingerprint density at radius 2 is 2.07 bits per heavy atom. The Hall–Kier alpha value is -0.830. The van der Waals surface area contributed by atoms with E-state index in [9.17, 15) is 0 Å². The Balaban J connectivity index is 2.22. The van der Waals surface area contributed by atoms with Gasteiger partial charge in [-0.2, -0.15) is 0 Å². The molecule has 1 aromatic heterocycles. The van der Waals surface area contributed by atoms with Gasteiger partial charge in [0.1, 0.15) is 5.82 Å². The third-order valence-corrected chi connectivity index (χ3v) is 3.20. The molecular formula is C11H19N3. The highest BCUT2D eigenvalue weighted by molar-refractivity contribution is 5.08. The monoisotopic (exact) mass is 193 g/mol. The average molecular weight is 193 g/mol. The molecule has 3 N–H and O–H groups in total. The van der Waals surface area contributed by atoms with Gasteiger partial charge in [-0.05, 0) is 31.1 Å². The Morgan fingerprint density at radius 3 is 2.57 bits per heavy atom. The topological polar surface area (TPSA) is 54.7 Å². The first-order valence-corrected chi connectivity index (χ1v) is 5.39. The van der Waals surface area contributed by atoms with Gasteiger partial charge in [0.2, 0.25) is 0 Å². The first kappa shape index (κ1) is 9.71. The Morgan fingerprint density at radius 1 is 1.43 bits per heavy atom. The van der Waals surface area contributed by atoms with Crippen molar-refractivity contribution in [3.63, 3.8) is 0 Å². The van der Waals surface area contributed by atoms with Crippen LogP contribution in [0.5, 0.6) is 0 Å². The second-order valence-electron chi connectivity index (χ2n) is 4.95. The summed E-state index contributed by atoms with van der Waals surface area (Å²) in [4.78, 5) is 7.45. The minimum atomic E-state index is -0.222. The summed E-state index contributed by atoms with van der Waals surface area (Å²) in [5.74, 6) is 2.36. The summed E-state index contributed by atoms with van der Waals surface area (Å²) in [5, 5.41) is 0. The molecular weight excluding hydrogens is 174 g/mol. The number of hydrogen-bond donors (Lipinski definition) is 2. The second kappa shape index (κ2) is 3.39. The SMILES string of the molecule is C[C@H]1C[C@H](C)CC(N)(c2ncc[nH]2)C1. The number of nitrogens with one attached hydrogen (secondary N) is 1. The highest BCUT2D eigenvalue weighted by Crippen LogP contribution is 2.39. The number of aromatic nitrogens is 2. The van der Waals surface area contributed by atoms with E-state index in [2.05, 4.69) is 23.8 Å². The van der Waals surface area contributed by atoms with E-state index in [-0.39, 0.29) is 5.54 Å². The van der Waals surface area contributed by atoms with Gasteiger partial charge in [-0.1, -0.05) is 13.8 Å².